The van der Waals surface area contributed by atoms with Crippen LogP contribution in [0.3, 0.4) is 0 Å². The molecule has 17 heavy (non-hydrogen) atoms. The fraction of sp³-hybridized carbons (Fsp3) is 0.200. The van der Waals surface area contributed by atoms with Crippen LogP contribution in [0.5, 0.6) is 0 Å². The summed E-state index contributed by atoms with van der Waals surface area (Å²) in [5.41, 5.74) is 9.52. The second kappa shape index (κ2) is 4.22. The topological polar surface area (TPSA) is 21.3 Å². The molecule has 0 radical (unpaired) electrons. The van der Waals surface area contributed by atoms with Crippen LogP contribution in [0.15, 0.2) is 42.5 Å². The van der Waals surface area contributed by atoms with Crippen molar-refractivity contribution >= 4 is 5.69 Å². The van der Waals surface area contributed by atoms with E-state index in [4.69, 9.17) is 4.84 Å². The molecule has 1 aliphatic carbocycles. The van der Waals surface area contributed by atoms with Crippen molar-refractivity contribution in [1.82, 2.24) is 0 Å². The molecule has 1 N–H and O–H groups in total. The Balaban J connectivity index is 2.05. The first kappa shape index (κ1) is 10.4. The van der Waals surface area contributed by atoms with Gasteiger partial charge in [0.1, 0.15) is 0 Å². The minimum atomic E-state index is 0.663. The van der Waals surface area contributed by atoms with Crippen LogP contribution >= 0.6 is 0 Å². The molecular formula is C15H15NO. The van der Waals surface area contributed by atoms with E-state index < -0.39 is 0 Å². The normalized spacial score (nSPS) is 12.1. The molecule has 0 spiro atoms. The zero-order chi connectivity index (χ0) is 11.7. The molecule has 0 aromatic heterocycles. The zero-order valence-electron chi connectivity index (χ0n) is 9.86. The third-order valence-corrected chi connectivity index (χ3v) is 3.18. The number of hydrogen-bond donors (Lipinski definition) is 1. The van der Waals surface area contributed by atoms with Crippen LogP contribution in [-0.4, -0.2) is 6.61 Å². The third-order valence-electron chi connectivity index (χ3n) is 3.18. The van der Waals surface area contributed by atoms with Crippen molar-refractivity contribution in [3.63, 3.8) is 0 Å². The SMILES string of the molecule is CCONc1cccc2c1Cc1ccccc1-2. The predicted octanol–water partition coefficient (Wildman–Crippen LogP) is 3.62. The maximum atomic E-state index is 5.29. The van der Waals surface area contributed by atoms with E-state index in [2.05, 4.69) is 47.9 Å². The largest absolute Gasteiger partial charge is 0.276 e. The van der Waals surface area contributed by atoms with Gasteiger partial charge < -0.3 is 0 Å². The van der Waals surface area contributed by atoms with Crippen molar-refractivity contribution in [2.24, 2.45) is 0 Å². The van der Waals surface area contributed by atoms with Crippen LogP contribution in [-0.2, 0) is 11.3 Å². The summed E-state index contributed by atoms with van der Waals surface area (Å²) >= 11 is 0. The number of anilines is 1. The molecule has 0 amide bonds. The van der Waals surface area contributed by atoms with Gasteiger partial charge in [0.25, 0.3) is 0 Å². The van der Waals surface area contributed by atoms with Crippen molar-refractivity contribution in [2.75, 3.05) is 12.1 Å². The van der Waals surface area contributed by atoms with Gasteiger partial charge in [-0.05, 0) is 35.2 Å². The van der Waals surface area contributed by atoms with Gasteiger partial charge in [0.05, 0.1) is 12.3 Å². The smallest absolute Gasteiger partial charge is 0.0717 e. The summed E-state index contributed by atoms with van der Waals surface area (Å²) in [6, 6.07) is 14.9. The van der Waals surface area contributed by atoms with Gasteiger partial charge in [0.2, 0.25) is 0 Å². The Labute approximate surface area is 101 Å². The second-order valence-corrected chi connectivity index (χ2v) is 4.20. The number of fused-ring (bicyclic) bond motifs is 3. The fourth-order valence-electron chi connectivity index (χ4n) is 2.40. The molecule has 0 unspecified atom stereocenters. The van der Waals surface area contributed by atoms with E-state index in [9.17, 15) is 0 Å². The van der Waals surface area contributed by atoms with Crippen LogP contribution in [0.1, 0.15) is 18.1 Å². The summed E-state index contributed by atoms with van der Waals surface area (Å²) in [4.78, 5) is 5.29. The lowest BCUT2D eigenvalue weighted by Gasteiger charge is -2.10. The van der Waals surface area contributed by atoms with Crippen LogP contribution < -0.4 is 5.48 Å². The molecular weight excluding hydrogens is 210 g/mol. The highest BCUT2D eigenvalue weighted by molar-refractivity contribution is 5.81. The zero-order valence-corrected chi connectivity index (χ0v) is 9.86. The average Bonchev–Trinajstić information content (AvgIpc) is 2.75. The van der Waals surface area contributed by atoms with Crippen molar-refractivity contribution < 1.29 is 4.84 Å². The summed E-state index contributed by atoms with van der Waals surface area (Å²) < 4.78 is 0. The summed E-state index contributed by atoms with van der Waals surface area (Å²) in [5.74, 6) is 0. The second-order valence-electron chi connectivity index (χ2n) is 4.20. The molecule has 0 heterocycles. The summed E-state index contributed by atoms with van der Waals surface area (Å²) in [6.07, 6.45) is 0.988. The average molecular weight is 225 g/mol. The molecule has 2 aromatic carbocycles. The van der Waals surface area contributed by atoms with E-state index in [1.807, 2.05) is 6.92 Å². The highest BCUT2D eigenvalue weighted by Gasteiger charge is 2.20. The fourth-order valence-corrected chi connectivity index (χ4v) is 2.40. The summed E-state index contributed by atoms with van der Waals surface area (Å²) in [5, 5.41) is 0. The highest BCUT2D eigenvalue weighted by Crippen LogP contribution is 2.39. The molecule has 0 fully saturated rings. The van der Waals surface area contributed by atoms with Crippen LogP contribution in [0.2, 0.25) is 0 Å². The van der Waals surface area contributed by atoms with Crippen molar-refractivity contribution in [3.05, 3.63) is 53.6 Å². The quantitative estimate of drug-likeness (QED) is 0.687. The van der Waals surface area contributed by atoms with E-state index in [1.54, 1.807) is 0 Å². The highest BCUT2D eigenvalue weighted by atomic mass is 16.6. The Morgan fingerprint density at radius 3 is 2.76 bits per heavy atom. The lowest BCUT2D eigenvalue weighted by Crippen LogP contribution is -2.02. The first-order valence-corrected chi connectivity index (χ1v) is 5.98. The molecule has 0 bridgehead atoms. The molecule has 1 aliphatic rings. The van der Waals surface area contributed by atoms with Gasteiger partial charge in [0, 0.05) is 6.42 Å². The van der Waals surface area contributed by atoms with E-state index in [-0.39, 0.29) is 0 Å². The van der Waals surface area contributed by atoms with Crippen LogP contribution in [0, 0.1) is 0 Å². The summed E-state index contributed by atoms with van der Waals surface area (Å²) in [6.45, 7) is 2.64. The van der Waals surface area contributed by atoms with Gasteiger partial charge in [-0.3, -0.25) is 10.3 Å². The molecule has 0 saturated carbocycles. The summed E-state index contributed by atoms with van der Waals surface area (Å²) in [7, 11) is 0. The van der Waals surface area contributed by atoms with Gasteiger partial charge in [0.15, 0.2) is 0 Å². The maximum Gasteiger partial charge on any atom is 0.0717 e. The van der Waals surface area contributed by atoms with Gasteiger partial charge in [-0.1, -0.05) is 36.4 Å². The molecule has 2 nitrogen and oxygen atoms in total. The van der Waals surface area contributed by atoms with E-state index in [0.29, 0.717) is 6.61 Å². The Morgan fingerprint density at radius 1 is 1.06 bits per heavy atom. The minimum Gasteiger partial charge on any atom is -0.276 e. The standard InChI is InChI=1S/C15H15NO/c1-2-17-16-15-9-5-8-13-12-7-4-3-6-11(12)10-14(13)15/h3-9,16H,2,10H2,1H3. The Hall–Kier alpha value is -1.80. The monoisotopic (exact) mass is 225 g/mol. The lowest BCUT2D eigenvalue weighted by molar-refractivity contribution is 0.210. The predicted molar refractivity (Wildman–Crippen MR) is 69.9 cm³/mol. The number of benzene rings is 2. The Morgan fingerprint density at radius 2 is 1.88 bits per heavy atom. The minimum absolute atomic E-state index is 0.663. The van der Waals surface area contributed by atoms with Gasteiger partial charge in [-0.15, -0.1) is 0 Å². The third kappa shape index (κ3) is 1.71. The molecule has 0 aliphatic heterocycles. The van der Waals surface area contributed by atoms with E-state index in [0.717, 1.165) is 12.1 Å². The Kier molecular flexibility index (Phi) is 2.57. The number of rotatable bonds is 3. The van der Waals surface area contributed by atoms with Gasteiger partial charge >= 0.3 is 0 Å². The van der Waals surface area contributed by atoms with Crippen molar-refractivity contribution in [2.45, 2.75) is 13.3 Å². The van der Waals surface area contributed by atoms with E-state index >= 15 is 0 Å². The molecule has 86 valence electrons. The molecule has 0 atom stereocenters. The van der Waals surface area contributed by atoms with Crippen molar-refractivity contribution in [1.29, 1.82) is 0 Å². The van der Waals surface area contributed by atoms with Crippen LogP contribution in [0.25, 0.3) is 11.1 Å². The number of nitrogens with one attached hydrogen (secondary N) is 1. The maximum absolute atomic E-state index is 5.29. The van der Waals surface area contributed by atoms with E-state index in [1.165, 1.54) is 22.3 Å². The Bertz CT molecular complexity index is 548. The molecule has 2 aromatic rings. The molecule has 3 rings (SSSR count). The molecule has 0 saturated heterocycles. The van der Waals surface area contributed by atoms with Gasteiger partial charge in [-0.25, -0.2) is 0 Å². The first-order valence-electron chi connectivity index (χ1n) is 5.98. The van der Waals surface area contributed by atoms with Gasteiger partial charge in [-0.2, -0.15) is 0 Å². The molecule has 2 heteroatoms. The first-order chi connectivity index (χ1) is 8.40. The van der Waals surface area contributed by atoms with Crippen LogP contribution in [0.4, 0.5) is 5.69 Å². The lowest BCUT2D eigenvalue weighted by atomic mass is 10.1. The van der Waals surface area contributed by atoms with Crippen molar-refractivity contribution in [3.8, 4) is 11.1 Å². The number of hydrogen-bond acceptors (Lipinski definition) is 2.